The minimum atomic E-state index is -0.788. The van der Waals surface area contributed by atoms with E-state index in [1.807, 2.05) is 36.4 Å². The van der Waals surface area contributed by atoms with Crippen LogP contribution in [-0.4, -0.2) is 29.7 Å². The molecule has 1 N–H and O–H groups in total. The lowest BCUT2D eigenvalue weighted by Gasteiger charge is -2.19. The molecule has 0 bridgehead atoms. The van der Waals surface area contributed by atoms with Crippen molar-refractivity contribution in [3.8, 4) is 5.88 Å². The second-order valence-electron chi connectivity index (χ2n) is 5.00. The number of ether oxygens (including phenoxy) is 1. The SMILES string of the molecule is COc1cccc(CN2CC(C(=O)O)c3ccccc32)n1. The van der Waals surface area contributed by atoms with E-state index in [4.69, 9.17) is 4.74 Å². The van der Waals surface area contributed by atoms with Gasteiger partial charge >= 0.3 is 5.97 Å². The van der Waals surface area contributed by atoms with Crippen LogP contribution in [0.3, 0.4) is 0 Å². The molecule has 1 aliphatic rings. The van der Waals surface area contributed by atoms with Crippen LogP contribution in [0, 0.1) is 0 Å². The summed E-state index contributed by atoms with van der Waals surface area (Å²) in [6.07, 6.45) is 0. The zero-order valence-electron chi connectivity index (χ0n) is 11.7. The minimum Gasteiger partial charge on any atom is -0.481 e. The molecule has 0 fully saturated rings. The fourth-order valence-electron chi connectivity index (χ4n) is 2.70. The third kappa shape index (κ3) is 2.54. The van der Waals surface area contributed by atoms with Gasteiger partial charge in [-0.15, -0.1) is 0 Å². The van der Waals surface area contributed by atoms with Gasteiger partial charge in [-0.1, -0.05) is 24.3 Å². The van der Waals surface area contributed by atoms with Crippen LogP contribution in [0.15, 0.2) is 42.5 Å². The number of aliphatic carboxylic acids is 1. The van der Waals surface area contributed by atoms with Crippen LogP contribution < -0.4 is 9.64 Å². The van der Waals surface area contributed by atoms with Crippen molar-refractivity contribution < 1.29 is 14.6 Å². The summed E-state index contributed by atoms with van der Waals surface area (Å²) in [6.45, 7) is 1.03. The van der Waals surface area contributed by atoms with Crippen molar-refractivity contribution >= 4 is 11.7 Å². The second-order valence-corrected chi connectivity index (χ2v) is 5.00. The molecule has 0 saturated heterocycles. The van der Waals surface area contributed by atoms with Gasteiger partial charge in [-0.25, -0.2) is 4.98 Å². The molecule has 21 heavy (non-hydrogen) atoms. The number of hydrogen-bond donors (Lipinski definition) is 1. The number of hydrogen-bond acceptors (Lipinski definition) is 4. The van der Waals surface area contributed by atoms with E-state index >= 15 is 0 Å². The molecular weight excluding hydrogens is 268 g/mol. The number of carbonyl (C=O) groups is 1. The molecule has 2 heterocycles. The number of rotatable bonds is 4. The van der Waals surface area contributed by atoms with Crippen LogP contribution in [0.2, 0.25) is 0 Å². The van der Waals surface area contributed by atoms with Crippen molar-refractivity contribution in [2.45, 2.75) is 12.5 Å². The number of methoxy groups -OCH3 is 1. The Morgan fingerprint density at radius 2 is 2.14 bits per heavy atom. The maximum Gasteiger partial charge on any atom is 0.312 e. The normalized spacial score (nSPS) is 16.6. The number of fused-ring (bicyclic) bond motifs is 1. The van der Waals surface area contributed by atoms with E-state index in [1.165, 1.54) is 0 Å². The summed E-state index contributed by atoms with van der Waals surface area (Å²) in [5, 5.41) is 9.36. The van der Waals surface area contributed by atoms with Gasteiger partial charge in [0.1, 0.15) is 5.92 Å². The number of nitrogens with zero attached hydrogens (tertiary/aromatic N) is 2. The lowest BCUT2D eigenvalue weighted by atomic mass is 10.0. The smallest absolute Gasteiger partial charge is 0.312 e. The van der Waals surface area contributed by atoms with Crippen molar-refractivity contribution in [3.63, 3.8) is 0 Å². The summed E-state index contributed by atoms with van der Waals surface area (Å²) in [5.74, 6) is -0.704. The van der Waals surface area contributed by atoms with Crippen LogP contribution in [0.5, 0.6) is 5.88 Å². The molecule has 3 rings (SSSR count). The first-order valence-electron chi connectivity index (χ1n) is 6.75. The third-order valence-corrected chi connectivity index (χ3v) is 3.70. The molecule has 1 aromatic carbocycles. The largest absolute Gasteiger partial charge is 0.481 e. The molecule has 1 atom stereocenters. The number of carboxylic acids is 1. The van der Waals surface area contributed by atoms with E-state index in [2.05, 4.69) is 9.88 Å². The standard InChI is InChI=1S/C16H16N2O3/c1-21-15-8-4-5-11(17-15)9-18-10-13(16(19)20)12-6-2-3-7-14(12)18/h2-8,13H,9-10H2,1H3,(H,19,20). The van der Waals surface area contributed by atoms with Gasteiger partial charge in [0.15, 0.2) is 0 Å². The summed E-state index contributed by atoms with van der Waals surface area (Å²) < 4.78 is 5.12. The maximum absolute atomic E-state index is 11.4. The number of pyridine rings is 1. The quantitative estimate of drug-likeness (QED) is 0.933. The Morgan fingerprint density at radius 3 is 2.90 bits per heavy atom. The fraction of sp³-hybridized carbons (Fsp3) is 0.250. The van der Waals surface area contributed by atoms with Gasteiger partial charge in [0.2, 0.25) is 5.88 Å². The summed E-state index contributed by atoms with van der Waals surface area (Å²) in [5.41, 5.74) is 2.69. The van der Waals surface area contributed by atoms with Crippen molar-refractivity contribution in [2.24, 2.45) is 0 Å². The van der Waals surface area contributed by atoms with Gasteiger partial charge in [0, 0.05) is 18.3 Å². The van der Waals surface area contributed by atoms with Gasteiger partial charge < -0.3 is 14.7 Å². The second kappa shape index (κ2) is 5.44. The molecule has 2 aromatic rings. The molecule has 0 saturated carbocycles. The van der Waals surface area contributed by atoms with Crippen LogP contribution in [-0.2, 0) is 11.3 Å². The number of carboxylic acid groups (broad SMARTS) is 1. The highest BCUT2D eigenvalue weighted by Gasteiger charge is 2.33. The van der Waals surface area contributed by atoms with E-state index in [0.717, 1.165) is 16.9 Å². The Kier molecular flexibility index (Phi) is 3.48. The first kappa shape index (κ1) is 13.4. The van der Waals surface area contributed by atoms with E-state index < -0.39 is 11.9 Å². The van der Waals surface area contributed by atoms with Crippen molar-refractivity contribution in [3.05, 3.63) is 53.7 Å². The van der Waals surface area contributed by atoms with Crippen LogP contribution in [0.1, 0.15) is 17.2 Å². The lowest BCUT2D eigenvalue weighted by molar-refractivity contribution is -0.138. The number of para-hydroxylation sites is 1. The first-order chi connectivity index (χ1) is 10.2. The Hall–Kier alpha value is -2.56. The van der Waals surface area contributed by atoms with Gasteiger partial charge in [0.25, 0.3) is 0 Å². The number of benzene rings is 1. The van der Waals surface area contributed by atoms with Crippen molar-refractivity contribution in [2.75, 3.05) is 18.6 Å². The molecule has 108 valence electrons. The van der Waals surface area contributed by atoms with E-state index in [9.17, 15) is 9.90 Å². The molecule has 1 unspecified atom stereocenters. The molecule has 1 aliphatic heterocycles. The van der Waals surface area contributed by atoms with Crippen LogP contribution in [0.4, 0.5) is 5.69 Å². The highest BCUT2D eigenvalue weighted by Crippen LogP contribution is 2.36. The fourth-order valence-corrected chi connectivity index (χ4v) is 2.70. The van der Waals surface area contributed by atoms with Gasteiger partial charge in [-0.2, -0.15) is 0 Å². The van der Waals surface area contributed by atoms with Crippen LogP contribution in [0.25, 0.3) is 0 Å². The highest BCUT2D eigenvalue weighted by atomic mass is 16.5. The predicted molar refractivity (Wildman–Crippen MR) is 78.7 cm³/mol. The average molecular weight is 284 g/mol. The summed E-state index contributed by atoms with van der Waals surface area (Å²) in [6, 6.07) is 13.2. The zero-order valence-corrected chi connectivity index (χ0v) is 11.7. The minimum absolute atomic E-state index is 0.466. The first-order valence-corrected chi connectivity index (χ1v) is 6.75. The zero-order chi connectivity index (χ0) is 14.8. The molecule has 0 spiro atoms. The third-order valence-electron chi connectivity index (χ3n) is 3.70. The molecule has 0 aliphatic carbocycles. The lowest BCUT2D eigenvalue weighted by Crippen LogP contribution is -2.24. The molecule has 1 aromatic heterocycles. The number of aromatic nitrogens is 1. The monoisotopic (exact) mass is 284 g/mol. The molecule has 5 nitrogen and oxygen atoms in total. The van der Waals surface area contributed by atoms with Crippen molar-refractivity contribution in [1.82, 2.24) is 4.98 Å². The highest BCUT2D eigenvalue weighted by molar-refractivity contribution is 5.82. The molecule has 0 radical (unpaired) electrons. The molecular formula is C16H16N2O3. The number of anilines is 1. The maximum atomic E-state index is 11.4. The average Bonchev–Trinajstić information content (AvgIpc) is 2.87. The van der Waals surface area contributed by atoms with Gasteiger partial charge in [-0.3, -0.25) is 4.79 Å². The van der Waals surface area contributed by atoms with Gasteiger partial charge in [-0.05, 0) is 17.7 Å². The van der Waals surface area contributed by atoms with E-state index in [-0.39, 0.29) is 0 Å². The predicted octanol–water partition coefficient (Wildman–Crippen LogP) is 2.28. The topological polar surface area (TPSA) is 62.7 Å². The van der Waals surface area contributed by atoms with Crippen LogP contribution >= 0.6 is 0 Å². The Labute approximate surface area is 122 Å². The van der Waals surface area contributed by atoms with E-state index in [1.54, 1.807) is 13.2 Å². The van der Waals surface area contributed by atoms with Crippen molar-refractivity contribution in [1.29, 1.82) is 0 Å². The van der Waals surface area contributed by atoms with Gasteiger partial charge in [0.05, 0.1) is 19.3 Å². The molecule has 0 amide bonds. The molecule has 5 heteroatoms. The summed E-state index contributed by atoms with van der Waals surface area (Å²) >= 11 is 0. The summed E-state index contributed by atoms with van der Waals surface area (Å²) in [4.78, 5) is 17.8. The Morgan fingerprint density at radius 1 is 1.33 bits per heavy atom. The summed E-state index contributed by atoms with van der Waals surface area (Å²) in [7, 11) is 1.58. The van der Waals surface area contributed by atoms with E-state index in [0.29, 0.717) is 19.0 Å². The Bertz CT molecular complexity index is 672. The Balaban J connectivity index is 1.88.